The van der Waals surface area contributed by atoms with Crippen LogP contribution in [-0.4, -0.2) is 54.0 Å². The lowest BCUT2D eigenvalue weighted by atomic mass is 10.1. The fourth-order valence-electron chi connectivity index (χ4n) is 3.78. The normalized spacial score (nSPS) is 15.1. The first-order valence-corrected chi connectivity index (χ1v) is 13.1. The maximum absolute atomic E-state index is 14.5. The molecule has 0 atom stereocenters. The summed E-state index contributed by atoms with van der Waals surface area (Å²) in [6.45, 7) is 7.69. The van der Waals surface area contributed by atoms with E-state index >= 15 is 0 Å². The van der Waals surface area contributed by atoms with Crippen LogP contribution >= 0.6 is 0 Å². The summed E-state index contributed by atoms with van der Waals surface area (Å²) in [5.74, 6) is 1.50. The molecule has 0 bridgehead atoms. The van der Waals surface area contributed by atoms with E-state index in [9.17, 15) is 12.8 Å². The van der Waals surface area contributed by atoms with Crippen molar-refractivity contribution in [1.29, 1.82) is 0 Å². The quantitative estimate of drug-likeness (QED) is 0.514. The zero-order chi connectivity index (χ0) is 24.5. The third-order valence-corrected chi connectivity index (χ3v) is 7.02. The second kappa shape index (κ2) is 9.57. The first-order valence-electron chi connectivity index (χ1n) is 11.2. The van der Waals surface area contributed by atoms with Crippen molar-refractivity contribution in [2.24, 2.45) is 0 Å². The molecule has 0 radical (unpaired) electrons. The van der Waals surface area contributed by atoms with Gasteiger partial charge < -0.3 is 15.0 Å². The molecule has 0 unspecified atom stereocenters. The predicted octanol–water partition coefficient (Wildman–Crippen LogP) is 3.97. The minimum absolute atomic E-state index is 0.00742. The van der Waals surface area contributed by atoms with Crippen molar-refractivity contribution in [2.45, 2.75) is 50.5 Å². The Kier molecular flexibility index (Phi) is 6.74. The molecule has 2 N–H and O–H groups in total. The number of benzene rings is 1. The van der Waals surface area contributed by atoms with E-state index in [-0.39, 0.29) is 16.7 Å². The Balaban J connectivity index is 1.41. The molecular formula is C23H29FN6O3S. The molecule has 1 fully saturated rings. The van der Waals surface area contributed by atoms with Gasteiger partial charge in [0.1, 0.15) is 24.1 Å². The van der Waals surface area contributed by atoms with Crippen molar-refractivity contribution in [1.82, 2.24) is 20.2 Å². The van der Waals surface area contributed by atoms with Crippen LogP contribution in [0.1, 0.15) is 43.9 Å². The van der Waals surface area contributed by atoms with E-state index in [1.165, 1.54) is 18.5 Å². The lowest BCUT2D eigenvalue weighted by Gasteiger charge is -2.32. The van der Waals surface area contributed by atoms with Gasteiger partial charge in [0.2, 0.25) is 5.88 Å². The van der Waals surface area contributed by atoms with Crippen molar-refractivity contribution in [3.63, 3.8) is 0 Å². The summed E-state index contributed by atoms with van der Waals surface area (Å²) in [4.78, 5) is 10.6. The topological polar surface area (TPSA) is 113 Å². The summed E-state index contributed by atoms with van der Waals surface area (Å²) in [5, 5.41) is 10.4. The fraction of sp³-hybridized carbons (Fsp3) is 0.435. The Morgan fingerprint density at radius 1 is 1.21 bits per heavy atom. The monoisotopic (exact) mass is 488 g/mol. The third kappa shape index (κ3) is 5.30. The van der Waals surface area contributed by atoms with E-state index < -0.39 is 15.7 Å². The van der Waals surface area contributed by atoms with Crippen LogP contribution in [0.15, 0.2) is 35.5 Å². The number of halogens is 1. The molecule has 1 aliphatic rings. The molecule has 0 amide bonds. The van der Waals surface area contributed by atoms with E-state index in [0.717, 1.165) is 49.8 Å². The fourth-order valence-corrected chi connectivity index (χ4v) is 4.41. The van der Waals surface area contributed by atoms with E-state index in [1.54, 1.807) is 6.92 Å². The van der Waals surface area contributed by atoms with Crippen LogP contribution in [0.3, 0.4) is 0 Å². The Morgan fingerprint density at radius 3 is 2.56 bits per heavy atom. The molecule has 2 aromatic heterocycles. The van der Waals surface area contributed by atoms with Gasteiger partial charge in [0.15, 0.2) is 15.7 Å². The molecule has 3 aromatic rings. The molecule has 4 rings (SSSR count). The third-order valence-electron chi connectivity index (χ3n) is 5.91. The lowest BCUT2D eigenvalue weighted by Crippen LogP contribution is -2.38. The number of ether oxygens (including phenoxy) is 1. The molecule has 0 aliphatic carbocycles. The average molecular weight is 489 g/mol. The minimum atomic E-state index is -3.49. The Hall–Kier alpha value is -3.21. The average Bonchev–Trinajstić information content (AvgIpc) is 3.28. The van der Waals surface area contributed by atoms with Gasteiger partial charge in [-0.15, -0.1) is 0 Å². The summed E-state index contributed by atoms with van der Waals surface area (Å²) >= 11 is 0. The number of anilines is 3. The molecule has 1 saturated heterocycles. The number of nitrogens with zero attached hydrogens (tertiary/aromatic N) is 4. The van der Waals surface area contributed by atoms with Gasteiger partial charge in [-0.1, -0.05) is 13.8 Å². The number of aromatic amines is 1. The Morgan fingerprint density at radius 2 is 1.94 bits per heavy atom. The molecule has 182 valence electrons. The van der Waals surface area contributed by atoms with Gasteiger partial charge in [-0.05, 0) is 31.0 Å². The summed E-state index contributed by atoms with van der Waals surface area (Å²) in [6, 6.07) is 5.82. The molecule has 9 nitrogen and oxygen atoms in total. The zero-order valence-electron chi connectivity index (χ0n) is 19.7. The number of rotatable bonds is 7. The molecule has 3 heterocycles. The largest absolute Gasteiger partial charge is 0.474 e. The summed E-state index contributed by atoms with van der Waals surface area (Å²) < 4.78 is 43.9. The van der Waals surface area contributed by atoms with Crippen molar-refractivity contribution in [2.75, 3.05) is 29.6 Å². The van der Waals surface area contributed by atoms with Crippen molar-refractivity contribution in [3.05, 3.63) is 47.7 Å². The van der Waals surface area contributed by atoms with Gasteiger partial charge in [0, 0.05) is 43.9 Å². The van der Waals surface area contributed by atoms with Gasteiger partial charge >= 0.3 is 0 Å². The highest BCUT2D eigenvalue weighted by atomic mass is 32.2. The van der Waals surface area contributed by atoms with Gasteiger partial charge in [-0.2, -0.15) is 5.10 Å². The van der Waals surface area contributed by atoms with Crippen molar-refractivity contribution < 1.29 is 17.5 Å². The maximum atomic E-state index is 14.5. The molecule has 11 heteroatoms. The number of aromatic nitrogens is 4. The van der Waals surface area contributed by atoms with Crippen LogP contribution in [0.2, 0.25) is 0 Å². The van der Waals surface area contributed by atoms with Gasteiger partial charge in [-0.3, -0.25) is 5.10 Å². The summed E-state index contributed by atoms with van der Waals surface area (Å²) in [6.07, 6.45) is 4.02. The number of nitrogens with one attached hydrogen (secondary N) is 2. The van der Waals surface area contributed by atoms with E-state index in [4.69, 9.17) is 4.74 Å². The first kappa shape index (κ1) is 23.9. The minimum Gasteiger partial charge on any atom is -0.474 e. The molecule has 0 saturated carbocycles. The molecule has 34 heavy (non-hydrogen) atoms. The lowest BCUT2D eigenvalue weighted by molar-refractivity contribution is 0.162. The summed E-state index contributed by atoms with van der Waals surface area (Å²) in [5.41, 5.74) is 1.88. The van der Waals surface area contributed by atoms with Crippen LogP contribution in [0.5, 0.6) is 5.88 Å². The van der Waals surface area contributed by atoms with Crippen LogP contribution in [0.4, 0.5) is 21.7 Å². The van der Waals surface area contributed by atoms with E-state index in [1.807, 2.05) is 0 Å². The van der Waals surface area contributed by atoms with Crippen LogP contribution in [-0.2, 0) is 9.84 Å². The van der Waals surface area contributed by atoms with Crippen molar-refractivity contribution >= 4 is 27.2 Å². The molecule has 1 aromatic carbocycles. The van der Waals surface area contributed by atoms with E-state index in [2.05, 4.69) is 50.3 Å². The smallest absolute Gasteiger partial charge is 0.221 e. The molecular weight excluding hydrogens is 459 g/mol. The van der Waals surface area contributed by atoms with Crippen LogP contribution in [0, 0.1) is 12.7 Å². The Labute approximate surface area is 198 Å². The number of piperidine rings is 1. The van der Waals surface area contributed by atoms with Crippen molar-refractivity contribution in [3.8, 4) is 5.88 Å². The predicted molar refractivity (Wildman–Crippen MR) is 128 cm³/mol. The number of sulfone groups is 1. The maximum Gasteiger partial charge on any atom is 0.221 e. The highest BCUT2D eigenvalue weighted by molar-refractivity contribution is 7.90. The number of H-pyrrole nitrogens is 1. The highest BCUT2D eigenvalue weighted by Crippen LogP contribution is 2.29. The van der Waals surface area contributed by atoms with Crippen LogP contribution < -0.4 is 15.0 Å². The van der Waals surface area contributed by atoms with Crippen LogP contribution in [0.25, 0.3) is 0 Å². The van der Waals surface area contributed by atoms with Gasteiger partial charge in [0.25, 0.3) is 0 Å². The molecule has 1 aliphatic heterocycles. The Bertz CT molecular complexity index is 1270. The first-order chi connectivity index (χ1) is 16.1. The van der Waals surface area contributed by atoms with Gasteiger partial charge in [0.05, 0.1) is 16.1 Å². The zero-order valence-corrected chi connectivity index (χ0v) is 20.5. The number of hydrogen-bond acceptors (Lipinski definition) is 8. The number of hydrogen-bond donors (Lipinski definition) is 2. The SMILES string of the molecule is Cc1c(Nc2ccc(S(C)(=O)=O)cc2F)ncnc1OC1CCN(c2cc(C(C)C)[nH]n2)CC1. The van der Waals surface area contributed by atoms with Gasteiger partial charge in [-0.25, -0.2) is 22.8 Å². The summed E-state index contributed by atoms with van der Waals surface area (Å²) in [7, 11) is -3.49. The second-order valence-corrected chi connectivity index (χ2v) is 10.8. The second-order valence-electron chi connectivity index (χ2n) is 8.83. The standard InChI is InChI=1S/C23H29FN6O3S/c1-14(2)20-12-21(29-28-20)30-9-7-16(8-10-30)33-23-15(3)22(25-13-26-23)27-19-6-5-17(11-18(19)24)34(4,31)32/h5-6,11-14,16H,7-10H2,1-4H3,(H,28,29)(H,25,26,27). The highest BCUT2D eigenvalue weighted by Gasteiger charge is 2.24. The van der Waals surface area contributed by atoms with E-state index in [0.29, 0.717) is 23.2 Å². The molecule has 0 spiro atoms.